The molecule has 1 heteroatoms. The molecule has 0 N–H and O–H groups in total. The lowest BCUT2D eigenvalue weighted by Crippen LogP contribution is -2.15. The summed E-state index contributed by atoms with van der Waals surface area (Å²) in [5.41, 5.74) is 15.4. The van der Waals surface area contributed by atoms with E-state index in [0.717, 1.165) is 0 Å². The van der Waals surface area contributed by atoms with Crippen molar-refractivity contribution in [1.82, 2.24) is 4.40 Å². The summed E-state index contributed by atoms with van der Waals surface area (Å²) in [5.74, 6) is 0. The molecule has 1 nitrogen and oxygen atoms in total. The molecular weight excluding hydrogens is 446 g/mol. The van der Waals surface area contributed by atoms with E-state index in [9.17, 15) is 0 Å². The monoisotopic (exact) mass is 473 g/mol. The molecule has 2 aliphatic rings. The standard InChI is InChI=1S/C36H27N/c1-35(2)26-15-9-6-12-21(26)30-27(35)17-18-29-31(30)24-19-23-20-11-5-8-14-25(20)36(3,4)33(23)32-22-13-7-10-16-28(22)37(29)34(24)32/h5-19H,1-4H3. The van der Waals surface area contributed by atoms with Crippen LogP contribution in [0, 0.1) is 0 Å². The smallest absolute Gasteiger partial charge is 0.0624 e. The molecule has 2 aromatic heterocycles. The van der Waals surface area contributed by atoms with E-state index >= 15 is 0 Å². The maximum absolute atomic E-state index is 2.56. The average molecular weight is 474 g/mol. The minimum Gasteiger partial charge on any atom is -0.308 e. The van der Waals surface area contributed by atoms with E-state index in [1.165, 1.54) is 82.6 Å². The summed E-state index contributed by atoms with van der Waals surface area (Å²) in [5, 5.41) is 5.59. The number of hydrogen-bond donors (Lipinski definition) is 0. The van der Waals surface area contributed by atoms with Crippen molar-refractivity contribution in [2.45, 2.75) is 38.5 Å². The van der Waals surface area contributed by atoms with Crippen molar-refractivity contribution >= 4 is 38.1 Å². The van der Waals surface area contributed by atoms with Gasteiger partial charge in [0.25, 0.3) is 0 Å². The molecule has 0 atom stereocenters. The Balaban J connectivity index is 1.60. The van der Waals surface area contributed by atoms with Gasteiger partial charge in [0.2, 0.25) is 0 Å². The first-order chi connectivity index (χ1) is 17.9. The summed E-state index contributed by atoms with van der Waals surface area (Å²) in [6, 6.07) is 34.4. The SMILES string of the molecule is CC1(C)c2ccccc2-c2c1ccc1c2c2cc3c(c4c5ccccc5n1c24)C(C)(C)c1ccccc1-3. The van der Waals surface area contributed by atoms with Gasteiger partial charge in [0.05, 0.1) is 16.6 Å². The number of para-hydroxylation sites is 1. The summed E-state index contributed by atoms with van der Waals surface area (Å²) in [6.07, 6.45) is 0. The number of benzene rings is 5. The lowest BCUT2D eigenvalue weighted by Gasteiger charge is -2.22. The molecule has 176 valence electrons. The van der Waals surface area contributed by atoms with Crippen LogP contribution in [0.4, 0.5) is 0 Å². The summed E-state index contributed by atoms with van der Waals surface area (Å²) in [4.78, 5) is 0. The average Bonchev–Trinajstić information content (AvgIpc) is 3.57. The van der Waals surface area contributed by atoms with Gasteiger partial charge in [0.1, 0.15) is 0 Å². The second-order valence-electron chi connectivity index (χ2n) is 12.1. The third-order valence-corrected chi connectivity index (χ3v) is 9.69. The predicted molar refractivity (Wildman–Crippen MR) is 156 cm³/mol. The van der Waals surface area contributed by atoms with E-state index < -0.39 is 0 Å². The van der Waals surface area contributed by atoms with Crippen molar-refractivity contribution in [3.05, 3.63) is 113 Å². The van der Waals surface area contributed by atoms with Crippen LogP contribution in [0.2, 0.25) is 0 Å². The molecular formula is C36H27N. The maximum atomic E-state index is 2.56. The Kier molecular flexibility index (Phi) is 3.28. The zero-order valence-electron chi connectivity index (χ0n) is 21.6. The first-order valence-electron chi connectivity index (χ1n) is 13.4. The van der Waals surface area contributed by atoms with Gasteiger partial charge >= 0.3 is 0 Å². The van der Waals surface area contributed by atoms with Crippen LogP contribution in [0.1, 0.15) is 49.9 Å². The van der Waals surface area contributed by atoms with Gasteiger partial charge in [-0.15, -0.1) is 0 Å². The normalized spacial score (nSPS) is 16.5. The second-order valence-corrected chi connectivity index (χ2v) is 12.1. The molecule has 0 aliphatic heterocycles. The van der Waals surface area contributed by atoms with E-state index in [2.05, 4.69) is 123 Å². The lowest BCUT2D eigenvalue weighted by atomic mass is 9.80. The number of aromatic nitrogens is 1. The first kappa shape index (κ1) is 20.0. The first-order valence-corrected chi connectivity index (χ1v) is 13.4. The fourth-order valence-electron chi connectivity index (χ4n) is 8.11. The van der Waals surface area contributed by atoms with Gasteiger partial charge in [-0.3, -0.25) is 0 Å². The van der Waals surface area contributed by atoms with E-state index in [1.54, 1.807) is 0 Å². The Labute approximate surface area is 216 Å². The lowest BCUT2D eigenvalue weighted by molar-refractivity contribution is 0.661. The molecule has 0 radical (unpaired) electrons. The molecule has 9 rings (SSSR count). The molecule has 0 unspecified atom stereocenters. The van der Waals surface area contributed by atoms with Crippen molar-refractivity contribution in [3.63, 3.8) is 0 Å². The van der Waals surface area contributed by atoms with Gasteiger partial charge in [-0.1, -0.05) is 100 Å². The van der Waals surface area contributed by atoms with Gasteiger partial charge in [0.15, 0.2) is 0 Å². The predicted octanol–water partition coefficient (Wildman–Crippen LogP) is 9.45. The fourth-order valence-corrected chi connectivity index (χ4v) is 8.11. The number of hydrogen-bond acceptors (Lipinski definition) is 0. The highest BCUT2D eigenvalue weighted by atomic mass is 14.9. The molecule has 0 fully saturated rings. The largest absolute Gasteiger partial charge is 0.308 e. The summed E-state index contributed by atoms with van der Waals surface area (Å²) >= 11 is 0. The molecule has 2 aliphatic carbocycles. The fraction of sp³-hybridized carbons (Fsp3) is 0.167. The molecule has 5 aromatic carbocycles. The van der Waals surface area contributed by atoms with E-state index in [0.29, 0.717) is 0 Å². The highest BCUT2D eigenvalue weighted by Gasteiger charge is 2.41. The van der Waals surface area contributed by atoms with Crippen molar-refractivity contribution in [2.75, 3.05) is 0 Å². The Morgan fingerprint density at radius 1 is 0.514 bits per heavy atom. The maximum Gasteiger partial charge on any atom is 0.0624 e. The molecule has 7 aromatic rings. The molecule has 0 amide bonds. The van der Waals surface area contributed by atoms with E-state index in [1.807, 2.05) is 0 Å². The summed E-state index contributed by atoms with van der Waals surface area (Å²) in [7, 11) is 0. The van der Waals surface area contributed by atoms with Crippen LogP contribution >= 0.6 is 0 Å². The third kappa shape index (κ3) is 2.05. The number of nitrogens with zero attached hydrogens (tertiary/aromatic N) is 1. The van der Waals surface area contributed by atoms with Gasteiger partial charge in [-0.25, -0.2) is 0 Å². The Bertz CT molecular complexity index is 2130. The van der Waals surface area contributed by atoms with Gasteiger partial charge in [-0.05, 0) is 62.7 Å². The zero-order chi connectivity index (χ0) is 24.8. The molecule has 0 bridgehead atoms. The van der Waals surface area contributed by atoms with Crippen molar-refractivity contribution < 1.29 is 0 Å². The van der Waals surface area contributed by atoms with E-state index in [-0.39, 0.29) is 10.8 Å². The van der Waals surface area contributed by atoms with Gasteiger partial charge < -0.3 is 4.40 Å². The minimum absolute atomic E-state index is 0.00921. The van der Waals surface area contributed by atoms with Gasteiger partial charge in [-0.2, -0.15) is 0 Å². The van der Waals surface area contributed by atoms with Crippen molar-refractivity contribution in [3.8, 4) is 22.3 Å². The van der Waals surface area contributed by atoms with Crippen LogP contribution in [0.3, 0.4) is 0 Å². The Morgan fingerprint density at radius 3 is 2.00 bits per heavy atom. The van der Waals surface area contributed by atoms with Crippen molar-refractivity contribution in [1.29, 1.82) is 0 Å². The van der Waals surface area contributed by atoms with Crippen LogP contribution in [0.5, 0.6) is 0 Å². The number of fused-ring (bicyclic) bond motifs is 14. The highest BCUT2D eigenvalue weighted by molar-refractivity contribution is 6.29. The second kappa shape index (κ2) is 6.06. The van der Waals surface area contributed by atoms with Crippen LogP contribution in [-0.4, -0.2) is 4.40 Å². The molecule has 0 saturated heterocycles. The van der Waals surface area contributed by atoms with Gasteiger partial charge in [0, 0.05) is 32.4 Å². The molecule has 0 saturated carbocycles. The summed E-state index contributed by atoms with van der Waals surface area (Å²) < 4.78 is 2.56. The number of rotatable bonds is 0. The van der Waals surface area contributed by atoms with Crippen molar-refractivity contribution in [2.24, 2.45) is 0 Å². The Hall–Kier alpha value is -4.10. The molecule has 2 heterocycles. The molecule has 0 spiro atoms. The van der Waals surface area contributed by atoms with Crippen LogP contribution < -0.4 is 0 Å². The minimum atomic E-state index is -0.0509. The summed E-state index contributed by atoms with van der Waals surface area (Å²) in [6.45, 7) is 9.58. The highest BCUT2D eigenvalue weighted by Crippen LogP contribution is 2.58. The van der Waals surface area contributed by atoms with E-state index in [4.69, 9.17) is 0 Å². The topological polar surface area (TPSA) is 4.41 Å². The molecule has 37 heavy (non-hydrogen) atoms. The van der Waals surface area contributed by atoms with Crippen LogP contribution in [0.15, 0.2) is 91.0 Å². The zero-order valence-corrected chi connectivity index (χ0v) is 21.6. The van der Waals surface area contributed by atoms with Crippen LogP contribution in [-0.2, 0) is 10.8 Å². The van der Waals surface area contributed by atoms with Crippen LogP contribution in [0.25, 0.3) is 60.3 Å². The Morgan fingerprint density at radius 2 is 1.19 bits per heavy atom. The third-order valence-electron chi connectivity index (χ3n) is 9.69. The quantitative estimate of drug-likeness (QED) is 0.207.